The largest absolute Gasteiger partial charge is 0.363 e. The van der Waals surface area contributed by atoms with Crippen LogP contribution in [0, 0.1) is 0 Å². The third-order valence-corrected chi connectivity index (χ3v) is 6.16. The van der Waals surface area contributed by atoms with Gasteiger partial charge in [0.05, 0.1) is 13.2 Å². The second-order valence-electron chi connectivity index (χ2n) is 6.09. The maximum absolute atomic E-state index is 13.4. The van der Waals surface area contributed by atoms with Crippen LogP contribution in [0.3, 0.4) is 0 Å². The lowest BCUT2D eigenvalue weighted by atomic mass is 10.1. The highest BCUT2D eigenvalue weighted by Crippen LogP contribution is 2.61. The molecule has 0 bridgehead atoms. The van der Waals surface area contributed by atoms with E-state index in [0.29, 0.717) is 17.7 Å². The summed E-state index contributed by atoms with van der Waals surface area (Å²) in [5, 5.41) is 4.59. The van der Waals surface area contributed by atoms with E-state index in [2.05, 4.69) is 10.6 Å². The lowest BCUT2D eigenvalue weighted by Gasteiger charge is -2.27. The SMILES string of the molecule is CCCCOC(c1cccc(C=C2NC(=O)NC2=O)c1)P(=O)(OCC)OCC. The quantitative estimate of drug-likeness (QED) is 0.248. The van der Waals surface area contributed by atoms with E-state index in [1.807, 2.05) is 6.92 Å². The Morgan fingerprint density at radius 1 is 1.11 bits per heavy atom. The Kier molecular flexibility index (Phi) is 8.38. The summed E-state index contributed by atoms with van der Waals surface area (Å²) in [6, 6.07) is 6.48. The second kappa shape index (κ2) is 10.5. The van der Waals surface area contributed by atoms with Crippen molar-refractivity contribution in [3.63, 3.8) is 0 Å². The summed E-state index contributed by atoms with van der Waals surface area (Å²) < 4.78 is 30.3. The molecule has 3 amide bonds. The first-order chi connectivity index (χ1) is 13.4. The first kappa shape index (κ1) is 22.3. The standard InChI is InChI=1S/C19H27N2O6P/c1-4-7-11-25-18(28(24,26-5-2)27-6-3)15-10-8-9-14(12-15)13-16-17(22)21-19(23)20-16/h8-10,12-13,18H,4-7,11H2,1-3H3,(H2,20,21,22,23). The summed E-state index contributed by atoms with van der Waals surface area (Å²) >= 11 is 0. The molecular weight excluding hydrogens is 383 g/mol. The molecular formula is C19H27N2O6P. The van der Waals surface area contributed by atoms with Crippen molar-refractivity contribution in [2.45, 2.75) is 39.5 Å². The van der Waals surface area contributed by atoms with Gasteiger partial charge in [-0.2, -0.15) is 0 Å². The van der Waals surface area contributed by atoms with Crippen molar-refractivity contribution in [1.29, 1.82) is 0 Å². The first-order valence-corrected chi connectivity index (χ1v) is 11.0. The van der Waals surface area contributed by atoms with Crippen LogP contribution >= 0.6 is 7.60 Å². The number of carbonyl (C=O) groups excluding carboxylic acids is 2. The monoisotopic (exact) mass is 410 g/mol. The van der Waals surface area contributed by atoms with Crippen molar-refractivity contribution in [3.8, 4) is 0 Å². The van der Waals surface area contributed by atoms with Gasteiger partial charge in [-0.05, 0) is 43.5 Å². The number of urea groups is 1. The van der Waals surface area contributed by atoms with Crippen LogP contribution in [-0.4, -0.2) is 31.8 Å². The molecule has 1 aliphatic rings. The molecule has 0 aromatic heterocycles. The fourth-order valence-corrected chi connectivity index (χ4v) is 4.57. The van der Waals surface area contributed by atoms with Crippen LogP contribution in [0.25, 0.3) is 6.08 Å². The van der Waals surface area contributed by atoms with E-state index < -0.39 is 25.4 Å². The lowest BCUT2D eigenvalue weighted by molar-refractivity contribution is -0.115. The maximum Gasteiger partial charge on any atom is 0.363 e. The smallest absolute Gasteiger partial charge is 0.361 e. The molecule has 1 aliphatic heterocycles. The number of nitrogens with one attached hydrogen (secondary N) is 2. The van der Waals surface area contributed by atoms with Gasteiger partial charge in [0.15, 0.2) is 5.85 Å². The van der Waals surface area contributed by atoms with E-state index in [-0.39, 0.29) is 18.9 Å². The Morgan fingerprint density at radius 3 is 2.39 bits per heavy atom. The average Bonchev–Trinajstić information content (AvgIpc) is 2.96. The summed E-state index contributed by atoms with van der Waals surface area (Å²) in [7, 11) is -3.56. The molecule has 1 heterocycles. The van der Waals surface area contributed by atoms with E-state index in [1.54, 1.807) is 44.2 Å². The number of hydrogen-bond acceptors (Lipinski definition) is 6. The molecule has 1 unspecified atom stereocenters. The molecule has 8 nitrogen and oxygen atoms in total. The molecule has 1 aromatic rings. The zero-order chi connectivity index (χ0) is 20.6. The molecule has 1 fully saturated rings. The van der Waals surface area contributed by atoms with E-state index in [0.717, 1.165) is 12.8 Å². The zero-order valence-corrected chi connectivity index (χ0v) is 17.3. The summed E-state index contributed by atoms with van der Waals surface area (Å²) in [5.41, 5.74) is 1.40. The first-order valence-electron chi connectivity index (χ1n) is 9.37. The van der Waals surface area contributed by atoms with Crippen LogP contribution in [-0.2, 0) is 23.1 Å². The molecule has 0 spiro atoms. The van der Waals surface area contributed by atoms with Gasteiger partial charge in [-0.15, -0.1) is 0 Å². The topological polar surface area (TPSA) is 103 Å². The molecule has 0 aliphatic carbocycles. The average molecular weight is 410 g/mol. The molecule has 1 atom stereocenters. The van der Waals surface area contributed by atoms with Crippen LogP contribution < -0.4 is 10.6 Å². The Bertz CT molecular complexity index is 769. The number of benzene rings is 1. The van der Waals surface area contributed by atoms with Crippen LogP contribution in [0.4, 0.5) is 4.79 Å². The molecule has 0 saturated carbocycles. The lowest BCUT2D eigenvalue weighted by Crippen LogP contribution is -2.22. The highest BCUT2D eigenvalue weighted by molar-refractivity contribution is 7.54. The Hall–Kier alpha value is -1.99. The number of carbonyl (C=O) groups is 2. The highest BCUT2D eigenvalue weighted by atomic mass is 31.2. The number of amides is 3. The van der Waals surface area contributed by atoms with E-state index in [9.17, 15) is 14.2 Å². The predicted molar refractivity (Wildman–Crippen MR) is 106 cm³/mol. The minimum atomic E-state index is -3.56. The van der Waals surface area contributed by atoms with Crippen molar-refractivity contribution in [1.82, 2.24) is 10.6 Å². The summed E-state index contributed by atoms with van der Waals surface area (Å²) in [6.07, 6.45) is 3.28. The van der Waals surface area contributed by atoms with Gasteiger partial charge in [0.2, 0.25) is 0 Å². The molecule has 0 radical (unpaired) electrons. The molecule has 154 valence electrons. The predicted octanol–water partition coefficient (Wildman–Crippen LogP) is 3.95. The normalized spacial score (nSPS) is 16.9. The van der Waals surface area contributed by atoms with Crippen molar-refractivity contribution in [2.75, 3.05) is 19.8 Å². The summed E-state index contributed by atoms with van der Waals surface area (Å²) in [4.78, 5) is 23.0. The fourth-order valence-electron chi connectivity index (χ4n) is 2.69. The molecule has 28 heavy (non-hydrogen) atoms. The number of imide groups is 1. The van der Waals surface area contributed by atoms with E-state index in [1.165, 1.54) is 0 Å². The van der Waals surface area contributed by atoms with Crippen LogP contribution in [0.2, 0.25) is 0 Å². The van der Waals surface area contributed by atoms with Crippen LogP contribution in [0.5, 0.6) is 0 Å². The van der Waals surface area contributed by atoms with Crippen LogP contribution in [0.15, 0.2) is 30.0 Å². The zero-order valence-electron chi connectivity index (χ0n) is 16.4. The van der Waals surface area contributed by atoms with Gasteiger partial charge in [0, 0.05) is 6.61 Å². The number of rotatable bonds is 11. The van der Waals surface area contributed by atoms with Crippen molar-refractivity contribution in [3.05, 3.63) is 41.1 Å². The van der Waals surface area contributed by atoms with Crippen molar-refractivity contribution < 1.29 is 27.9 Å². The van der Waals surface area contributed by atoms with Crippen molar-refractivity contribution >= 4 is 25.6 Å². The van der Waals surface area contributed by atoms with Gasteiger partial charge in [-0.3, -0.25) is 14.7 Å². The Balaban J connectivity index is 2.37. The third-order valence-electron chi connectivity index (χ3n) is 3.91. The van der Waals surface area contributed by atoms with Gasteiger partial charge in [-0.1, -0.05) is 31.5 Å². The molecule has 2 rings (SSSR count). The summed E-state index contributed by atoms with van der Waals surface area (Å²) in [6.45, 7) is 6.39. The van der Waals surface area contributed by atoms with Gasteiger partial charge in [0.1, 0.15) is 5.70 Å². The molecule has 2 N–H and O–H groups in total. The fraction of sp³-hybridized carbons (Fsp3) is 0.474. The van der Waals surface area contributed by atoms with Gasteiger partial charge >= 0.3 is 13.6 Å². The Labute approximate surface area is 165 Å². The maximum atomic E-state index is 13.4. The molecule has 1 aromatic carbocycles. The van der Waals surface area contributed by atoms with Crippen LogP contribution in [0.1, 0.15) is 50.6 Å². The highest BCUT2D eigenvalue weighted by Gasteiger charge is 2.38. The number of ether oxygens (including phenoxy) is 1. The van der Waals surface area contributed by atoms with Crippen molar-refractivity contribution in [2.24, 2.45) is 0 Å². The number of unbranched alkanes of at least 4 members (excludes halogenated alkanes) is 1. The summed E-state index contributed by atoms with van der Waals surface area (Å²) in [5.74, 6) is -1.38. The van der Waals surface area contributed by atoms with E-state index >= 15 is 0 Å². The van der Waals surface area contributed by atoms with E-state index in [4.69, 9.17) is 13.8 Å². The number of hydrogen-bond donors (Lipinski definition) is 2. The third kappa shape index (κ3) is 5.75. The second-order valence-corrected chi connectivity index (χ2v) is 8.15. The minimum Gasteiger partial charge on any atom is -0.361 e. The van der Waals surface area contributed by atoms with Gasteiger partial charge < -0.3 is 19.1 Å². The molecule has 1 saturated heterocycles. The van der Waals surface area contributed by atoms with Gasteiger partial charge in [0.25, 0.3) is 5.91 Å². The molecule has 9 heteroatoms. The Morgan fingerprint density at radius 2 is 1.82 bits per heavy atom. The van der Waals surface area contributed by atoms with Gasteiger partial charge in [-0.25, -0.2) is 4.79 Å². The minimum absolute atomic E-state index is 0.142.